The zero-order valence-corrected chi connectivity index (χ0v) is 11.4. The summed E-state index contributed by atoms with van der Waals surface area (Å²) in [6.07, 6.45) is 1.12. The summed E-state index contributed by atoms with van der Waals surface area (Å²) < 4.78 is 7.28. The molecule has 0 aliphatic heterocycles. The summed E-state index contributed by atoms with van der Waals surface area (Å²) in [5.74, 6) is 0.798. The Hall–Kier alpha value is -1.62. The minimum Gasteiger partial charge on any atom is -0.356 e. The summed E-state index contributed by atoms with van der Waals surface area (Å²) in [4.78, 5) is 0. The highest BCUT2D eigenvalue weighted by atomic mass is 16.5. The van der Waals surface area contributed by atoms with Crippen molar-refractivity contribution in [3.05, 3.63) is 23.1 Å². The molecule has 5 nitrogen and oxygen atoms in total. The van der Waals surface area contributed by atoms with Crippen molar-refractivity contribution in [1.29, 1.82) is 0 Å². The van der Waals surface area contributed by atoms with Crippen LogP contribution in [0, 0.1) is 13.8 Å². The van der Waals surface area contributed by atoms with Gasteiger partial charge in [-0.2, -0.15) is 5.10 Å². The van der Waals surface area contributed by atoms with Crippen LogP contribution in [0.25, 0.3) is 11.3 Å². The van der Waals surface area contributed by atoms with Crippen molar-refractivity contribution in [2.45, 2.75) is 33.7 Å². The predicted octanol–water partition coefficient (Wildman–Crippen LogP) is 2.19. The summed E-state index contributed by atoms with van der Waals surface area (Å²) in [5.41, 5.74) is 4.05. The van der Waals surface area contributed by atoms with Gasteiger partial charge in [-0.15, -0.1) is 0 Å². The van der Waals surface area contributed by atoms with Crippen LogP contribution in [-0.2, 0) is 13.6 Å². The number of hydrogen-bond donors (Lipinski definition) is 1. The minimum atomic E-state index is 0.746. The molecule has 18 heavy (non-hydrogen) atoms. The molecule has 0 bridgehead atoms. The molecule has 0 unspecified atom stereocenters. The van der Waals surface area contributed by atoms with E-state index < -0.39 is 0 Å². The number of nitrogens with one attached hydrogen (secondary N) is 1. The number of nitrogens with zero attached hydrogens (tertiary/aromatic N) is 3. The van der Waals surface area contributed by atoms with E-state index in [-0.39, 0.29) is 0 Å². The second kappa shape index (κ2) is 5.35. The Morgan fingerprint density at radius 2 is 2.17 bits per heavy atom. The van der Waals surface area contributed by atoms with Crippen LogP contribution >= 0.6 is 0 Å². The number of rotatable bonds is 5. The van der Waals surface area contributed by atoms with Crippen molar-refractivity contribution in [1.82, 2.24) is 20.3 Å². The first-order valence-electron chi connectivity index (χ1n) is 6.30. The predicted molar refractivity (Wildman–Crippen MR) is 70.2 cm³/mol. The van der Waals surface area contributed by atoms with Crippen LogP contribution in [0.1, 0.15) is 30.4 Å². The smallest absolute Gasteiger partial charge is 0.170 e. The summed E-state index contributed by atoms with van der Waals surface area (Å²) in [6.45, 7) is 7.90. The normalized spacial score (nSPS) is 11.1. The maximum absolute atomic E-state index is 5.41. The lowest BCUT2D eigenvalue weighted by atomic mass is 10.1. The minimum absolute atomic E-state index is 0.746. The molecule has 2 heterocycles. The Bertz CT molecular complexity index is 527. The van der Waals surface area contributed by atoms with E-state index in [4.69, 9.17) is 4.52 Å². The molecule has 98 valence electrons. The molecule has 0 aromatic carbocycles. The first-order valence-corrected chi connectivity index (χ1v) is 6.30. The van der Waals surface area contributed by atoms with Crippen LogP contribution < -0.4 is 5.32 Å². The van der Waals surface area contributed by atoms with E-state index in [0.29, 0.717) is 0 Å². The molecular formula is C13H20N4O. The SMILES string of the molecule is CCCNCc1cc(-c2c(C)nn(C)c2C)on1. The van der Waals surface area contributed by atoms with E-state index in [2.05, 4.69) is 22.5 Å². The van der Waals surface area contributed by atoms with E-state index in [0.717, 1.165) is 47.9 Å². The van der Waals surface area contributed by atoms with Gasteiger partial charge >= 0.3 is 0 Å². The molecule has 0 saturated carbocycles. The fraction of sp³-hybridized carbons (Fsp3) is 0.538. The third-order valence-electron chi connectivity index (χ3n) is 3.05. The molecule has 0 spiro atoms. The molecule has 0 saturated heterocycles. The summed E-state index contributed by atoms with van der Waals surface area (Å²) in [5, 5.41) is 11.8. The Labute approximate surface area is 107 Å². The van der Waals surface area contributed by atoms with Gasteiger partial charge in [0.15, 0.2) is 5.76 Å². The van der Waals surface area contributed by atoms with Crippen molar-refractivity contribution < 1.29 is 4.52 Å². The van der Waals surface area contributed by atoms with Crippen molar-refractivity contribution in [2.75, 3.05) is 6.54 Å². The lowest BCUT2D eigenvalue weighted by Crippen LogP contribution is -2.13. The van der Waals surface area contributed by atoms with Crippen LogP contribution in [0.2, 0.25) is 0 Å². The molecule has 2 aromatic rings. The Morgan fingerprint density at radius 1 is 1.39 bits per heavy atom. The molecule has 0 aliphatic carbocycles. The second-order valence-corrected chi connectivity index (χ2v) is 4.53. The van der Waals surface area contributed by atoms with Gasteiger partial charge in [0.2, 0.25) is 0 Å². The van der Waals surface area contributed by atoms with Crippen LogP contribution in [0.3, 0.4) is 0 Å². The topological polar surface area (TPSA) is 55.9 Å². The molecule has 0 atom stereocenters. The van der Waals surface area contributed by atoms with Crippen LogP contribution in [-0.4, -0.2) is 21.5 Å². The fourth-order valence-corrected chi connectivity index (χ4v) is 2.04. The van der Waals surface area contributed by atoms with Gasteiger partial charge in [0.1, 0.15) is 0 Å². The number of aromatic nitrogens is 3. The Morgan fingerprint density at radius 3 is 2.78 bits per heavy atom. The number of aryl methyl sites for hydroxylation is 2. The third-order valence-corrected chi connectivity index (χ3v) is 3.05. The first-order chi connectivity index (χ1) is 8.63. The van der Waals surface area contributed by atoms with Gasteiger partial charge in [-0.05, 0) is 26.8 Å². The van der Waals surface area contributed by atoms with Gasteiger partial charge in [-0.3, -0.25) is 4.68 Å². The zero-order chi connectivity index (χ0) is 13.1. The number of hydrogen-bond acceptors (Lipinski definition) is 4. The van der Waals surface area contributed by atoms with Crippen LogP contribution in [0.4, 0.5) is 0 Å². The van der Waals surface area contributed by atoms with Crippen molar-refractivity contribution in [3.8, 4) is 11.3 Å². The lowest BCUT2D eigenvalue weighted by Gasteiger charge is -1.97. The molecule has 0 amide bonds. The van der Waals surface area contributed by atoms with E-state index in [1.165, 1.54) is 0 Å². The first kappa shape index (κ1) is 12.8. The van der Waals surface area contributed by atoms with E-state index >= 15 is 0 Å². The summed E-state index contributed by atoms with van der Waals surface area (Å²) in [6, 6.07) is 1.99. The average Bonchev–Trinajstić information content (AvgIpc) is 2.86. The maximum atomic E-state index is 5.41. The van der Waals surface area contributed by atoms with Gasteiger partial charge in [-0.1, -0.05) is 12.1 Å². The molecule has 5 heteroatoms. The van der Waals surface area contributed by atoms with E-state index in [9.17, 15) is 0 Å². The highest BCUT2D eigenvalue weighted by Crippen LogP contribution is 2.26. The maximum Gasteiger partial charge on any atom is 0.170 e. The van der Waals surface area contributed by atoms with E-state index in [1.807, 2.05) is 31.6 Å². The Balaban J connectivity index is 2.19. The van der Waals surface area contributed by atoms with Crippen LogP contribution in [0.15, 0.2) is 10.6 Å². The molecule has 0 radical (unpaired) electrons. The molecule has 2 rings (SSSR count). The summed E-state index contributed by atoms with van der Waals surface area (Å²) in [7, 11) is 1.94. The van der Waals surface area contributed by atoms with Crippen LogP contribution in [0.5, 0.6) is 0 Å². The second-order valence-electron chi connectivity index (χ2n) is 4.53. The van der Waals surface area contributed by atoms with Crippen molar-refractivity contribution in [3.63, 3.8) is 0 Å². The standard InChI is InChI=1S/C13H20N4O/c1-5-6-14-8-11-7-12(18-16-11)13-9(2)15-17(4)10(13)3/h7,14H,5-6,8H2,1-4H3. The van der Waals surface area contributed by atoms with Gasteiger partial charge in [0.05, 0.1) is 17.0 Å². The lowest BCUT2D eigenvalue weighted by molar-refractivity contribution is 0.419. The van der Waals surface area contributed by atoms with Crippen molar-refractivity contribution >= 4 is 0 Å². The largest absolute Gasteiger partial charge is 0.356 e. The Kier molecular flexibility index (Phi) is 3.81. The molecule has 2 aromatic heterocycles. The summed E-state index contributed by atoms with van der Waals surface area (Å²) >= 11 is 0. The highest BCUT2D eigenvalue weighted by molar-refractivity contribution is 5.63. The monoisotopic (exact) mass is 248 g/mol. The van der Waals surface area contributed by atoms with E-state index in [1.54, 1.807) is 0 Å². The average molecular weight is 248 g/mol. The molecular weight excluding hydrogens is 228 g/mol. The third kappa shape index (κ3) is 2.46. The zero-order valence-electron chi connectivity index (χ0n) is 11.4. The van der Waals surface area contributed by atoms with Gasteiger partial charge in [0.25, 0.3) is 0 Å². The molecule has 0 aliphatic rings. The molecule has 0 fully saturated rings. The molecule has 1 N–H and O–H groups in total. The van der Waals surface area contributed by atoms with Gasteiger partial charge in [0, 0.05) is 25.4 Å². The van der Waals surface area contributed by atoms with Gasteiger partial charge < -0.3 is 9.84 Å². The fourth-order valence-electron chi connectivity index (χ4n) is 2.04. The highest BCUT2D eigenvalue weighted by Gasteiger charge is 2.16. The van der Waals surface area contributed by atoms with Crippen molar-refractivity contribution in [2.24, 2.45) is 7.05 Å². The quantitative estimate of drug-likeness (QED) is 0.824. The van der Waals surface area contributed by atoms with Gasteiger partial charge in [-0.25, -0.2) is 0 Å².